The van der Waals surface area contributed by atoms with E-state index in [0.717, 1.165) is 18.9 Å². The van der Waals surface area contributed by atoms with Crippen LogP contribution in [0.25, 0.3) is 0 Å². The molecule has 2 N–H and O–H groups in total. The summed E-state index contributed by atoms with van der Waals surface area (Å²) in [6, 6.07) is 0.819. The van der Waals surface area contributed by atoms with E-state index in [9.17, 15) is 19.8 Å². The number of allylic oxidation sites excluding steroid dienone is 2. The van der Waals surface area contributed by atoms with E-state index < -0.39 is 57.5 Å². The molecule has 0 fully saturated rings. The Morgan fingerprint density at radius 3 is 1.88 bits per heavy atom. The Balaban J connectivity index is 2.82. The lowest BCUT2D eigenvalue weighted by molar-refractivity contribution is -0.155. The van der Waals surface area contributed by atoms with Crippen LogP contribution in [0.3, 0.4) is 0 Å². The highest BCUT2D eigenvalue weighted by atomic mass is 28.5. The van der Waals surface area contributed by atoms with Gasteiger partial charge in [-0.1, -0.05) is 25.0 Å². The van der Waals surface area contributed by atoms with Gasteiger partial charge in [-0.3, -0.25) is 9.59 Å². The second-order valence-electron chi connectivity index (χ2n) is 11.4. The van der Waals surface area contributed by atoms with Crippen LogP contribution in [0.2, 0.25) is 65.0 Å². The molecule has 0 aromatic heterocycles. The number of carboxylic acid groups (broad SMARTS) is 2. The smallest absolute Gasteiger partial charge is 0.315 e. The van der Waals surface area contributed by atoms with Crippen molar-refractivity contribution in [2.24, 2.45) is 17.8 Å². The van der Waals surface area contributed by atoms with E-state index in [-0.39, 0.29) is 12.3 Å². The monoisotopic (exact) mass is 520 g/mol. The highest BCUT2D eigenvalue weighted by Crippen LogP contribution is 2.35. The highest BCUT2D eigenvalue weighted by Gasteiger charge is 2.44. The fourth-order valence-corrected chi connectivity index (χ4v) is 22.8. The minimum Gasteiger partial charge on any atom is -0.481 e. The molecule has 0 bridgehead atoms. The number of hydrogen-bond donors (Lipinski definition) is 2. The number of rotatable bonds is 13. The zero-order valence-electron chi connectivity index (χ0n) is 21.4. The summed E-state index contributed by atoms with van der Waals surface area (Å²) >= 11 is 0. The largest absolute Gasteiger partial charge is 0.481 e. The average molecular weight is 521 g/mol. The Morgan fingerprint density at radius 2 is 1.41 bits per heavy atom. The van der Waals surface area contributed by atoms with Crippen LogP contribution in [-0.2, 0) is 21.9 Å². The molecule has 4 unspecified atom stereocenters. The third-order valence-corrected chi connectivity index (χ3v) is 18.8. The highest BCUT2D eigenvalue weighted by molar-refractivity contribution is 6.89. The molecule has 0 aromatic carbocycles. The Kier molecular flexibility index (Phi) is 10.3. The first-order chi connectivity index (χ1) is 14.3. The van der Waals surface area contributed by atoms with E-state index in [0.29, 0.717) is 6.42 Å². The summed E-state index contributed by atoms with van der Waals surface area (Å²) in [5.74, 6) is -4.03. The van der Waals surface area contributed by atoms with E-state index in [1.165, 1.54) is 0 Å². The zero-order valence-corrected chi connectivity index (χ0v) is 25.4. The van der Waals surface area contributed by atoms with Crippen molar-refractivity contribution in [1.29, 1.82) is 0 Å². The summed E-state index contributed by atoms with van der Waals surface area (Å²) in [6.45, 7) is 19.4. The van der Waals surface area contributed by atoms with Gasteiger partial charge in [-0.15, -0.1) is 0 Å². The first-order valence-electron chi connectivity index (χ1n) is 11.6. The van der Waals surface area contributed by atoms with Gasteiger partial charge >= 0.3 is 29.1 Å². The second-order valence-corrected chi connectivity index (χ2v) is 27.9. The third-order valence-electron chi connectivity index (χ3n) is 5.22. The first-order valence-corrected chi connectivity index (χ1v) is 23.7. The van der Waals surface area contributed by atoms with Gasteiger partial charge in [0.15, 0.2) is 16.6 Å². The molecular formula is C21H44O7Si4. The van der Waals surface area contributed by atoms with Gasteiger partial charge in [0.05, 0.1) is 11.8 Å². The lowest BCUT2D eigenvalue weighted by atomic mass is 9.74. The molecule has 1 rings (SSSR count). The maximum atomic E-state index is 11.8. The SMILES string of the molecule is C[Si](C)(C)O[Si](C)(C)O[Si](C)(CCCCC1C=CCC(C(=O)O)C1C(=O)O)O[Si](C)(C)C. The minimum absolute atomic E-state index is 0.254. The van der Waals surface area contributed by atoms with Crippen LogP contribution < -0.4 is 0 Å². The molecule has 0 spiro atoms. The molecule has 4 atom stereocenters. The number of carbonyl (C=O) groups is 2. The van der Waals surface area contributed by atoms with Crippen molar-refractivity contribution in [3.8, 4) is 0 Å². The van der Waals surface area contributed by atoms with Gasteiger partial charge in [-0.05, 0) is 83.7 Å². The third kappa shape index (κ3) is 10.6. The van der Waals surface area contributed by atoms with E-state index in [1.807, 2.05) is 12.2 Å². The lowest BCUT2D eigenvalue weighted by Crippen LogP contribution is -2.56. The first kappa shape index (κ1) is 29.5. The van der Waals surface area contributed by atoms with Gasteiger partial charge in [0, 0.05) is 0 Å². The van der Waals surface area contributed by atoms with Crippen molar-refractivity contribution in [2.75, 3.05) is 0 Å². The van der Waals surface area contributed by atoms with Crippen LogP contribution in [0.1, 0.15) is 25.7 Å². The summed E-state index contributed by atoms with van der Waals surface area (Å²) in [5, 5.41) is 19.1. The van der Waals surface area contributed by atoms with E-state index in [4.69, 9.17) is 12.3 Å². The van der Waals surface area contributed by atoms with Crippen LogP contribution >= 0.6 is 0 Å². The lowest BCUT2D eigenvalue weighted by Gasteiger charge is -2.41. The van der Waals surface area contributed by atoms with Crippen LogP contribution in [0.4, 0.5) is 0 Å². The number of aliphatic carboxylic acids is 2. The normalized spacial score (nSPS) is 24.2. The minimum atomic E-state index is -2.48. The predicted molar refractivity (Wildman–Crippen MR) is 137 cm³/mol. The fourth-order valence-electron chi connectivity index (χ4n) is 4.73. The Hall–Kier alpha value is -0.572. The van der Waals surface area contributed by atoms with Crippen molar-refractivity contribution in [3.63, 3.8) is 0 Å². The van der Waals surface area contributed by atoms with Gasteiger partial charge in [-0.25, -0.2) is 0 Å². The van der Waals surface area contributed by atoms with Crippen molar-refractivity contribution >= 4 is 45.7 Å². The van der Waals surface area contributed by atoms with Crippen LogP contribution in [0.5, 0.6) is 0 Å². The summed E-state index contributed by atoms with van der Waals surface area (Å²) in [7, 11) is -8.41. The average Bonchev–Trinajstić information content (AvgIpc) is 2.53. The molecule has 0 saturated carbocycles. The van der Waals surface area contributed by atoms with Crippen LogP contribution in [-0.4, -0.2) is 55.9 Å². The summed E-state index contributed by atoms with van der Waals surface area (Å²) in [6.07, 6.45) is 6.31. The van der Waals surface area contributed by atoms with Gasteiger partial charge in [0.1, 0.15) is 0 Å². The van der Waals surface area contributed by atoms with Gasteiger partial charge in [-0.2, -0.15) is 0 Å². The number of hydrogen-bond acceptors (Lipinski definition) is 5. The molecule has 186 valence electrons. The summed E-state index contributed by atoms with van der Waals surface area (Å²) < 4.78 is 19.7. The summed E-state index contributed by atoms with van der Waals surface area (Å²) in [4.78, 5) is 23.3. The number of carboxylic acids is 2. The van der Waals surface area contributed by atoms with Gasteiger partial charge in [0.25, 0.3) is 0 Å². The molecule has 11 heteroatoms. The van der Waals surface area contributed by atoms with E-state index in [2.05, 4.69) is 58.9 Å². The Labute approximate surface area is 198 Å². The predicted octanol–water partition coefficient (Wildman–Crippen LogP) is 5.63. The van der Waals surface area contributed by atoms with E-state index >= 15 is 0 Å². The van der Waals surface area contributed by atoms with Crippen LogP contribution in [0, 0.1) is 17.8 Å². The van der Waals surface area contributed by atoms with Gasteiger partial charge < -0.3 is 22.6 Å². The second kappa shape index (κ2) is 11.2. The van der Waals surface area contributed by atoms with Crippen molar-refractivity contribution in [2.45, 2.75) is 90.7 Å². The number of unbranched alkanes of at least 4 members (excludes halogenated alkanes) is 1. The van der Waals surface area contributed by atoms with Crippen molar-refractivity contribution in [3.05, 3.63) is 12.2 Å². The molecule has 1 aliphatic rings. The Morgan fingerprint density at radius 1 is 0.844 bits per heavy atom. The molecular weight excluding hydrogens is 477 g/mol. The van der Waals surface area contributed by atoms with Gasteiger partial charge in [0.2, 0.25) is 0 Å². The molecule has 0 aliphatic heterocycles. The van der Waals surface area contributed by atoms with Crippen molar-refractivity contribution < 1.29 is 32.1 Å². The maximum absolute atomic E-state index is 11.8. The molecule has 0 radical (unpaired) electrons. The van der Waals surface area contributed by atoms with Crippen LogP contribution in [0.15, 0.2) is 12.2 Å². The molecule has 32 heavy (non-hydrogen) atoms. The molecule has 0 aromatic rings. The molecule has 0 amide bonds. The maximum Gasteiger partial charge on any atom is 0.315 e. The quantitative estimate of drug-likeness (QED) is 0.184. The molecule has 7 nitrogen and oxygen atoms in total. The standard InChI is InChI=1S/C21H44O7Si4/c1-29(2,3)26-31(7,8)28-32(9,27-30(4,5)6)16-11-10-13-17-14-12-15-18(20(22)23)19(17)21(24)25/h12,14,17-19H,10-11,13,15-16H2,1-9H3,(H,22,23)(H,24,25). The Bertz CT molecular complexity index is 685. The molecule has 0 saturated heterocycles. The van der Waals surface area contributed by atoms with Crippen molar-refractivity contribution in [1.82, 2.24) is 0 Å². The summed E-state index contributed by atoms with van der Waals surface area (Å²) in [5.41, 5.74) is 0. The topological polar surface area (TPSA) is 102 Å². The molecule has 1 aliphatic carbocycles. The fraction of sp³-hybridized carbons (Fsp3) is 0.810. The molecule has 0 heterocycles. The van der Waals surface area contributed by atoms with E-state index in [1.54, 1.807) is 0 Å². The zero-order chi connectivity index (χ0) is 25.0.